The van der Waals surface area contributed by atoms with Gasteiger partial charge in [0.05, 0.1) is 16.4 Å². The van der Waals surface area contributed by atoms with Gasteiger partial charge in [0, 0.05) is 48.5 Å². The fourth-order valence-corrected chi connectivity index (χ4v) is 4.75. The van der Waals surface area contributed by atoms with Crippen molar-refractivity contribution in [2.24, 2.45) is 5.92 Å². The van der Waals surface area contributed by atoms with Crippen LogP contribution in [0, 0.1) is 19.8 Å². The number of allylic oxidation sites excluding steroid dienone is 2. The van der Waals surface area contributed by atoms with Gasteiger partial charge in [-0.1, -0.05) is 24.8 Å². The number of benzene rings is 1. The molecule has 1 aliphatic carbocycles. The van der Waals surface area contributed by atoms with E-state index in [-0.39, 0.29) is 23.9 Å². The number of Topliss-reactive ketones (excluding diaryl/α,β-unsaturated/α-hetero) is 2. The molecule has 0 aliphatic heterocycles. The van der Waals surface area contributed by atoms with E-state index in [1.807, 2.05) is 50.1 Å². The highest BCUT2D eigenvalue weighted by molar-refractivity contribution is 9.10. The smallest absolute Gasteiger partial charge is 0.151 e. The number of anilines is 1. The number of carbonyl (C=O) groups is 2. The lowest BCUT2D eigenvalue weighted by Crippen LogP contribution is -2.21. The molecule has 1 N–H and O–H groups in total. The summed E-state index contributed by atoms with van der Waals surface area (Å²) in [5.74, 6) is -1.01. The molecule has 0 saturated heterocycles. The van der Waals surface area contributed by atoms with Crippen LogP contribution in [0.25, 0.3) is 5.70 Å². The van der Waals surface area contributed by atoms with Crippen molar-refractivity contribution in [1.29, 1.82) is 0 Å². The normalized spacial score (nSPS) is 18.2. The van der Waals surface area contributed by atoms with Gasteiger partial charge in [-0.25, -0.2) is 0 Å². The van der Waals surface area contributed by atoms with Crippen LogP contribution in [0.2, 0.25) is 0 Å². The van der Waals surface area contributed by atoms with Crippen LogP contribution in [0.4, 0.5) is 5.69 Å². The topological polar surface area (TPSA) is 62.3 Å². The molecule has 3 rings (SSSR count). The molecule has 7 heteroatoms. The number of hydrogen-bond acceptors (Lipinski definition) is 5. The van der Waals surface area contributed by atoms with Crippen LogP contribution < -0.4 is 10.2 Å². The van der Waals surface area contributed by atoms with E-state index >= 15 is 0 Å². The lowest BCUT2D eigenvalue weighted by atomic mass is 9.86. The number of rotatable bonds is 9. The van der Waals surface area contributed by atoms with Gasteiger partial charge in [0.1, 0.15) is 11.7 Å². The first kappa shape index (κ1) is 25.9. The highest BCUT2D eigenvalue weighted by atomic mass is 79.9. The highest BCUT2D eigenvalue weighted by Crippen LogP contribution is 2.38. The van der Waals surface area contributed by atoms with Crippen LogP contribution >= 0.6 is 27.5 Å². The number of pyridine rings is 1. The summed E-state index contributed by atoms with van der Waals surface area (Å²) in [4.78, 5) is 32.4. The summed E-state index contributed by atoms with van der Waals surface area (Å²) in [5, 5.41) is 3.76. The molecule has 178 valence electrons. The Labute approximate surface area is 214 Å². The predicted octanol–water partition coefficient (Wildman–Crippen LogP) is 6.06. The summed E-state index contributed by atoms with van der Waals surface area (Å²) in [5.41, 5.74) is 5.03. The van der Waals surface area contributed by atoms with Gasteiger partial charge in [0.15, 0.2) is 5.78 Å². The first-order valence-electron chi connectivity index (χ1n) is 11.1. The molecule has 5 nitrogen and oxygen atoms in total. The molecule has 1 saturated carbocycles. The molecule has 2 aromatic rings. The Morgan fingerprint density at radius 2 is 1.97 bits per heavy atom. The zero-order valence-electron chi connectivity index (χ0n) is 19.7. The average molecular weight is 543 g/mol. The number of ketones is 2. The minimum atomic E-state index is -0.701. The first-order chi connectivity index (χ1) is 16.1. The third-order valence-electron chi connectivity index (χ3n) is 6.11. The van der Waals surface area contributed by atoms with Crippen LogP contribution in [0.1, 0.15) is 41.1 Å². The summed E-state index contributed by atoms with van der Waals surface area (Å²) in [6.45, 7) is 12.1. The summed E-state index contributed by atoms with van der Waals surface area (Å²) in [6, 6.07) is 7.73. The zero-order valence-corrected chi connectivity index (χ0v) is 22.0. The SMILES string of the molecule is C=C/C(Cl)=C\N(C)c1cc(C)c(C2C(=O)CC(CCNC(=C)c3ccc(Br)cn3)C2=O)c(C)c1. The standard InChI is InChI=1S/C27H29BrClN3O2/c1-6-21(29)15-32(5)22-11-16(2)25(17(3)12-22)26-24(33)13-19(27(26)34)9-10-30-18(4)23-8-7-20(28)14-31-23/h6-8,11-12,14-15,19,26,30H,1,4,9-10,13H2,2-3,5H3/b21-15+. The van der Waals surface area contributed by atoms with Crippen LogP contribution in [-0.2, 0) is 9.59 Å². The molecule has 1 aromatic heterocycles. The number of nitrogens with one attached hydrogen (secondary N) is 1. The number of carbonyl (C=O) groups excluding carboxylic acids is 2. The second kappa shape index (κ2) is 11.2. The number of aryl methyl sites for hydroxylation is 2. The first-order valence-corrected chi connectivity index (χ1v) is 12.2. The molecule has 1 aromatic carbocycles. The number of aromatic nitrogens is 1. The van der Waals surface area contributed by atoms with Crippen molar-refractivity contribution in [3.63, 3.8) is 0 Å². The Kier molecular flexibility index (Phi) is 8.50. The molecule has 2 unspecified atom stereocenters. The van der Waals surface area contributed by atoms with Crippen LogP contribution in [-0.4, -0.2) is 30.1 Å². The minimum absolute atomic E-state index is 0.00100. The van der Waals surface area contributed by atoms with E-state index in [4.69, 9.17) is 11.6 Å². The van der Waals surface area contributed by atoms with E-state index in [1.165, 1.54) is 0 Å². The summed E-state index contributed by atoms with van der Waals surface area (Å²) < 4.78 is 0.896. The Hall–Kier alpha value is -2.70. The van der Waals surface area contributed by atoms with E-state index in [9.17, 15) is 9.59 Å². The molecular formula is C27H29BrClN3O2. The van der Waals surface area contributed by atoms with Gasteiger partial charge < -0.3 is 10.2 Å². The summed E-state index contributed by atoms with van der Waals surface area (Å²) in [6.07, 6.45) is 5.90. The van der Waals surface area contributed by atoms with Crippen molar-refractivity contribution in [2.45, 2.75) is 32.6 Å². The van der Waals surface area contributed by atoms with E-state index in [2.05, 4.69) is 39.4 Å². The fourth-order valence-electron chi connectivity index (χ4n) is 4.37. The average Bonchev–Trinajstić information content (AvgIpc) is 3.06. The quantitative estimate of drug-likeness (QED) is 0.308. The van der Waals surface area contributed by atoms with Crippen molar-refractivity contribution < 1.29 is 9.59 Å². The molecule has 1 aliphatic rings. The lowest BCUT2D eigenvalue weighted by molar-refractivity contribution is -0.124. The third-order valence-corrected chi connectivity index (χ3v) is 6.83. The van der Waals surface area contributed by atoms with Gasteiger partial charge in [-0.3, -0.25) is 14.6 Å². The van der Waals surface area contributed by atoms with Crippen molar-refractivity contribution in [3.05, 3.63) is 87.8 Å². The van der Waals surface area contributed by atoms with Gasteiger partial charge in [-0.2, -0.15) is 0 Å². The van der Waals surface area contributed by atoms with E-state index in [0.717, 1.165) is 32.5 Å². The van der Waals surface area contributed by atoms with Crippen molar-refractivity contribution in [3.8, 4) is 0 Å². The van der Waals surface area contributed by atoms with Crippen LogP contribution in [0.5, 0.6) is 0 Å². The molecule has 1 heterocycles. The summed E-state index contributed by atoms with van der Waals surface area (Å²) >= 11 is 9.44. The maximum atomic E-state index is 13.3. The molecule has 0 amide bonds. The second-order valence-corrected chi connectivity index (χ2v) is 9.93. The molecular weight excluding hydrogens is 514 g/mol. The second-order valence-electron chi connectivity index (χ2n) is 8.58. The highest BCUT2D eigenvalue weighted by Gasteiger charge is 2.42. The van der Waals surface area contributed by atoms with Crippen LogP contribution in [0.3, 0.4) is 0 Å². The van der Waals surface area contributed by atoms with Gasteiger partial charge in [0.25, 0.3) is 0 Å². The fraction of sp³-hybridized carbons (Fsp3) is 0.296. The molecule has 2 atom stereocenters. The van der Waals surface area contributed by atoms with Gasteiger partial charge in [-0.15, -0.1) is 0 Å². The van der Waals surface area contributed by atoms with E-state index in [0.29, 0.717) is 23.7 Å². The van der Waals surface area contributed by atoms with Gasteiger partial charge in [0.2, 0.25) is 0 Å². The maximum absolute atomic E-state index is 13.3. The molecule has 34 heavy (non-hydrogen) atoms. The number of hydrogen-bond donors (Lipinski definition) is 1. The predicted molar refractivity (Wildman–Crippen MR) is 143 cm³/mol. The molecule has 0 spiro atoms. The minimum Gasteiger partial charge on any atom is -0.384 e. The molecule has 1 fully saturated rings. The van der Waals surface area contributed by atoms with Gasteiger partial charge in [-0.05, 0) is 83.2 Å². The monoisotopic (exact) mass is 541 g/mol. The summed E-state index contributed by atoms with van der Waals surface area (Å²) in [7, 11) is 1.90. The van der Waals surface area contributed by atoms with Crippen molar-refractivity contribution >= 4 is 50.5 Å². The van der Waals surface area contributed by atoms with Crippen LogP contribution in [0.15, 0.2) is 65.4 Å². The van der Waals surface area contributed by atoms with E-state index < -0.39 is 5.92 Å². The Bertz CT molecular complexity index is 1130. The Balaban J connectivity index is 1.69. The van der Waals surface area contributed by atoms with Crippen molar-refractivity contribution in [1.82, 2.24) is 10.3 Å². The van der Waals surface area contributed by atoms with Crippen molar-refractivity contribution in [2.75, 3.05) is 18.5 Å². The maximum Gasteiger partial charge on any atom is 0.151 e. The number of halogens is 2. The lowest BCUT2D eigenvalue weighted by Gasteiger charge is -2.21. The van der Waals surface area contributed by atoms with E-state index in [1.54, 1.807) is 18.5 Å². The zero-order chi connectivity index (χ0) is 25.0. The third kappa shape index (κ3) is 5.86. The molecule has 0 radical (unpaired) electrons. The molecule has 0 bridgehead atoms. The van der Waals surface area contributed by atoms with Gasteiger partial charge >= 0.3 is 0 Å². The Morgan fingerprint density at radius 1 is 1.29 bits per heavy atom. The largest absolute Gasteiger partial charge is 0.384 e. The Morgan fingerprint density at radius 3 is 2.56 bits per heavy atom. The number of nitrogens with zero attached hydrogens (tertiary/aromatic N) is 2.